The van der Waals surface area contributed by atoms with Gasteiger partial charge in [-0.1, -0.05) is 0 Å². The molecule has 0 unspecified atom stereocenters. The summed E-state index contributed by atoms with van der Waals surface area (Å²) in [6, 6.07) is 0.828. The zero-order chi connectivity index (χ0) is 14.8. The first-order valence-electron chi connectivity index (χ1n) is 6.71. The zero-order valence-corrected chi connectivity index (χ0v) is 19.7. The second kappa shape index (κ2) is 13.2. The third-order valence-electron chi connectivity index (χ3n) is 2.33. The number of aromatic nitrogens is 2. The number of rotatable bonds is 11. The fourth-order valence-electron chi connectivity index (χ4n) is 1.70. The van der Waals surface area contributed by atoms with Crippen LogP contribution in [0.15, 0.2) is 8.68 Å². The summed E-state index contributed by atoms with van der Waals surface area (Å²) in [5.74, 6) is 0.936. The number of thioether (sulfide) groups is 1. The van der Waals surface area contributed by atoms with Crippen molar-refractivity contribution in [2.24, 2.45) is 0 Å². The smallest absolute Gasteiger partial charge is 0.406 e. The average Bonchev–Trinajstić information content (AvgIpc) is 2.82. The molecule has 1 aromatic heterocycles. The second-order valence-corrected chi connectivity index (χ2v) is 9.46. The van der Waals surface area contributed by atoms with Gasteiger partial charge < -0.3 is 37.2 Å². The van der Waals surface area contributed by atoms with Crippen LogP contribution < -0.4 is 51.4 Å². The molecule has 0 fully saturated rings. The Morgan fingerprint density at radius 2 is 1.67 bits per heavy atom. The third kappa shape index (κ3) is 9.06. The Hall–Kier alpha value is 1.86. The van der Waals surface area contributed by atoms with Gasteiger partial charge >= 0.3 is 60.2 Å². The fraction of sp³-hybridized carbons (Fsp3) is 0.818. The quantitative estimate of drug-likeness (QED) is 0.227. The summed E-state index contributed by atoms with van der Waals surface area (Å²) >= 11 is 8.07. The average molecular weight is 393 g/mol. The van der Waals surface area contributed by atoms with Crippen molar-refractivity contribution in [3.8, 4) is 0 Å². The molecule has 0 amide bonds. The van der Waals surface area contributed by atoms with Crippen molar-refractivity contribution >= 4 is 44.5 Å². The summed E-state index contributed by atoms with van der Waals surface area (Å²) < 4.78 is 18.9. The topological polar surface area (TPSA) is 53.5 Å². The maximum absolute atomic E-state index is 5.81. The van der Waals surface area contributed by atoms with E-state index < -0.39 is 8.80 Å². The van der Waals surface area contributed by atoms with Gasteiger partial charge in [-0.05, 0) is 37.3 Å². The minimum Gasteiger partial charge on any atom is -0.406 e. The first kappa shape index (κ1) is 22.9. The molecule has 1 rings (SSSR count). The molecule has 10 heteroatoms. The van der Waals surface area contributed by atoms with E-state index in [0.29, 0.717) is 24.2 Å². The van der Waals surface area contributed by atoms with Crippen LogP contribution in [0.4, 0.5) is 0 Å². The van der Waals surface area contributed by atoms with Crippen LogP contribution in [0.2, 0.25) is 6.04 Å². The Balaban J connectivity index is 0.00000400. The van der Waals surface area contributed by atoms with Crippen molar-refractivity contribution in [3.05, 3.63) is 0 Å². The van der Waals surface area contributed by atoms with Gasteiger partial charge in [0.2, 0.25) is 0 Å². The van der Waals surface area contributed by atoms with Crippen molar-refractivity contribution in [2.75, 3.05) is 25.6 Å². The van der Waals surface area contributed by atoms with Gasteiger partial charge in [0.25, 0.3) is 0 Å². The monoisotopic (exact) mass is 392 g/mol. The molecule has 21 heavy (non-hydrogen) atoms. The molecule has 0 saturated carbocycles. The zero-order valence-electron chi connectivity index (χ0n) is 13.1. The van der Waals surface area contributed by atoms with E-state index in [1.54, 1.807) is 11.8 Å². The van der Waals surface area contributed by atoms with E-state index >= 15 is 0 Å². The van der Waals surface area contributed by atoms with Gasteiger partial charge in [0.05, 0.1) is 4.34 Å². The fourth-order valence-corrected chi connectivity index (χ4v) is 6.61. The van der Waals surface area contributed by atoms with E-state index in [-0.39, 0.29) is 51.4 Å². The van der Waals surface area contributed by atoms with Crippen molar-refractivity contribution in [1.29, 1.82) is 0 Å². The maximum atomic E-state index is 5.81. The van der Waals surface area contributed by atoms with Gasteiger partial charge in [-0.15, -0.1) is 11.8 Å². The number of hydrogen-bond donors (Lipinski definition) is 0. The van der Waals surface area contributed by atoms with Crippen LogP contribution in [0.3, 0.4) is 0 Å². The molecule has 0 aliphatic rings. The molecule has 116 valence electrons. The molecule has 1 heterocycles. The summed E-state index contributed by atoms with van der Waals surface area (Å²) in [6.07, 6.45) is 0.962. The minimum absolute atomic E-state index is 0. The van der Waals surface area contributed by atoms with Crippen LogP contribution in [0.5, 0.6) is 0 Å². The molecule has 0 aliphatic carbocycles. The molecule has 0 radical (unpaired) electrons. The van der Waals surface area contributed by atoms with E-state index in [1.165, 1.54) is 11.3 Å². The molecule has 0 atom stereocenters. The summed E-state index contributed by atoms with van der Waals surface area (Å²) in [5.41, 5.74) is 0. The summed E-state index contributed by atoms with van der Waals surface area (Å²) in [5, 5.41) is 7.83. The van der Waals surface area contributed by atoms with Gasteiger partial charge in [0, 0.05) is 25.9 Å². The molecular formula is C11H21KN2O3S3Si. The molecule has 5 nitrogen and oxygen atoms in total. The number of hydrogen-bond acceptors (Lipinski definition) is 8. The summed E-state index contributed by atoms with van der Waals surface area (Å²) in [4.78, 5) is 0. The predicted molar refractivity (Wildman–Crippen MR) is 86.3 cm³/mol. The van der Waals surface area contributed by atoms with Crippen LogP contribution >= 0.6 is 23.1 Å². The minimum atomic E-state index is -2.50. The van der Waals surface area contributed by atoms with Crippen LogP contribution in [0.25, 0.3) is 0 Å². The molecule has 0 N–H and O–H groups in total. The first-order chi connectivity index (χ1) is 9.65. The van der Waals surface area contributed by atoms with Gasteiger partial charge in [-0.25, -0.2) is 0 Å². The maximum Gasteiger partial charge on any atom is 1.00 e. The van der Waals surface area contributed by atoms with E-state index in [0.717, 1.165) is 22.6 Å². The van der Waals surface area contributed by atoms with Crippen LogP contribution in [0.1, 0.15) is 27.2 Å². The normalized spacial score (nSPS) is 11.4. The Morgan fingerprint density at radius 3 is 2.10 bits per heavy atom. The van der Waals surface area contributed by atoms with Gasteiger partial charge in [-0.3, -0.25) is 0 Å². The van der Waals surface area contributed by atoms with Crippen LogP contribution in [-0.4, -0.2) is 44.6 Å². The second-order valence-electron chi connectivity index (χ2n) is 3.77. The van der Waals surface area contributed by atoms with Gasteiger partial charge in [0.1, 0.15) is 0 Å². The Morgan fingerprint density at radius 1 is 1.10 bits per heavy atom. The van der Waals surface area contributed by atoms with E-state index in [1.807, 2.05) is 20.8 Å². The standard InChI is InChI=1S/C11H22N2O3S3Si.K/c1-4-14-20(15-5-2,16-6-3)9-7-8-18-11-13-12-10(17)19-11;/h4-9H2,1-3H3,(H,12,17);/q;+1/p-1. The molecule has 0 spiro atoms. The first-order valence-corrected chi connectivity index (χ1v) is 10.8. The predicted octanol–water partition coefficient (Wildman–Crippen LogP) is -0.0215. The van der Waals surface area contributed by atoms with Gasteiger partial charge in [-0.2, -0.15) is 10.2 Å². The van der Waals surface area contributed by atoms with E-state index in [2.05, 4.69) is 10.2 Å². The SMILES string of the molecule is CCO[Si](CCCSc1nnc([S-])s1)(OCC)OCC.[K+]. The molecule has 0 bridgehead atoms. The summed E-state index contributed by atoms with van der Waals surface area (Å²) in [6.45, 7) is 7.78. The Kier molecular flexibility index (Phi) is 14.4. The number of nitrogens with zero attached hydrogens (tertiary/aromatic N) is 2. The molecular weight excluding hydrogens is 372 g/mol. The Bertz CT molecular complexity index is 370. The van der Waals surface area contributed by atoms with Crippen molar-refractivity contribution in [1.82, 2.24) is 10.2 Å². The Labute approximate surface area is 184 Å². The van der Waals surface area contributed by atoms with Crippen molar-refractivity contribution in [2.45, 2.75) is 41.9 Å². The third-order valence-corrected chi connectivity index (χ3v) is 7.75. The molecule has 1 aromatic rings. The molecule has 0 aliphatic heterocycles. The van der Waals surface area contributed by atoms with Gasteiger partial charge in [0.15, 0.2) is 0 Å². The largest absolute Gasteiger partial charge is 1.00 e. The van der Waals surface area contributed by atoms with Crippen molar-refractivity contribution in [3.63, 3.8) is 0 Å². The van der Waals surface area contributed by atoms with E-state index in [4.69, 9.17) is 25.9 Å². The molecule has 0 saturated heterocycles. The van der Waals surface area contributed by atoms with Crippen LogP contribution in [-0.2, 0) is 25.9 Å². The van der Waals surface area contributed by atoms with E-state index in [9.17, 15) is 0 Å². The summed E-state index contributed by atoms with van der Waals surface area (Å²) in [7, 11) is -2.50. The van der Waals surface area contributed by atoms with Crippen molar-refractivity contribution < 1.29 is 64.7 Å². The van der Waals surface area contributed by atoms with Crippen LogP contribution in [0, 0.1) is 0 Å². The molecule has 0 aromatic carbocycles.